The van der Waals surface area contributed by atoms with E-state index in [1.54, 1.807) is 6.92 Å². The van der Waals surface area contributed by atoms with Crippen LogP contribution in [0.4, 0.5) is 0 Å². The van der Waals surface area contributed by atoms with Gasteiger partial charge in [-0.25, -0.2) is 0 Å². The Hall–Kier alpha value is -1.59. The number of ether oxygens (including phenoxy) is 2. The Bertz CT molecular complexity index is 358. The first kappa shape index (κ1) is 17.5. The van der Waals surface area contributed by atoms with Crippen molar-refractivity contribution in [3.63, 3.8) is 0 Å². The average Bonchev–Trinajstić information content (AvgIpc) is 2.44. The van der Waals surface area contributed by atoms with Gasteiger partial charge in [-0.1, -0.05) is 32.6 Å². The van der Waals surface area contributed by atoms with Crippen molar-refractivity contribution in [2.75, 3.05) is 6.54 Å². The third-order valence-corrected chi connectivity index (χ3v) is 3.61. The van der Waals surface area contributed by atoms with Crippen molar-refractivity contribution in [2.24, 2.45) is 5.92 Å². The number of rotatable bonds is 11. The highest BCUT2D eigenvalue weighted by molar-refractivity contribution is 5.78. The fourth-order valence-electron chi connectivity index (χ4n) is 2.47. The minimum absolute atomic E-state index is 0.0592. The zero-order chi connectivity index (χ0) is 15.7. The SMILES string of the molecule is CCCCCC[C@@H]1C(=O)O[C@H]1CC(C)OC(=O)CNC=O. The van der Waals surface area contributed by atoms with Gasteiger partial charge in [0.05, 0.1) is 5.92 Å². The van der Waals surface area contributed by atoms with E-state index in [-0.39, 0.29) is 30.6 Å². The van der Waals surface area contributed by atoms with Gasteiger partial charge in [-0.05, 0) is 13.3 Å². The lowest BCUT2D eigenvalue weighted by Gasteiger charge is -2.36. The summed E-state index contributed by atoms with van der Waals surface area (Å²) in [5.41, 5.74) is 0. The zero-order valence-electron chi connectivity index (χ0n) is 12.8. The van der Waals surface area contributed by atoms with Gasteiger partial charge in [0.25, 0.3) is 0 Å². The quantitative estimate of drug-likeness (QED) is 0.356. The van der Waals surface area contributed by atoms with Crippen molar-refractivity contribution >= 4 is 18.3 Å². The van der Waals surface area contributed by atoms with Crippen molar-refractivity contribution < 1.29 is 23.9 Å². The van der Waals surface area contributed by atoms with Crippen LogP contribution in [0.3, 0.4) is 0 Å². The van der Waals surface area contributed by atoms with E-state index >= 15 is 0 Å². The number of cyclic esters (lactones) is 1. The van der Waals surface area contributed by atoms with Gasteiger partial charge in [-0.15, -0.1) is 0 Å². The van der Waals surface area contributed by atoms with E-state index in [0.29, 0.717) is 12.8 Å². The average molecular weight is 299 g/mol. The van der Waals surface area contributed by atoms with Crippen molar-refractivity contribution in [1.29, 1.82) is 0 Å². The lowest BCUT2D eigenvalue weighted by atomic mass is 9.87. The fourth-order valence-corrected chi connectivity index (χ4v) is 2.47. The normalized spacial score (nSPS) is 21.9. The second-order valence-electron chi connectivity index (χ2n) is 5.47. The summed E-state index contributed by atoms with van der Waals surface area (Å²) in [5.74, 6) is -0.687. The summed E-state index contributed by atoms with van der Waals surface area (Å²) in [6.07, 6.45) is 5.84. The maximum Gasteiger partial charge on any atom is 0.325 e. The molecule has 1 rings (SSSR count). The third-order valence-electron chi connectivity index (χ3n) is 3.61. The van der Waals surface area contributed by atoms with Crippen molar-refractivity contribution in [1.82, 2.24) is 5.32 Å². The molecule has 0 aliphatic carbocycles. The number of hydrogen-bond acceptors (Lipinski definition) is 5. The molecule has 1 aliphatic rings. The van der Waals surface area contributed by atoms with E-state index in [1.807, 2.05) is 0 Å². The summed E-state index contributed by atoms with van der Waals surface area (Å²) in [6.45, 7) is 3.77. The smallest absolute Gasteiger partial charge is 0.325 e. The molecule has 120 valence electrons. The minimum atomic E-state index is -0.486. The van der Waals surface area contributed by atoms with Crippen molar-refractivity contribution in [3.05, 3.63) is 0 Å². The summed E-state index contributed by atoms with van der Waals surface area (Å²) in [6, 6.07) is 0. The monoisotopic (exact) mass is 299 g/mol. The Kier molecular flexibility index (Phi) is 7.79. The Morgan fingerprint density at radius 3 is 2.81 bits per heavy atom. The summed E-state index contributed by atoms with van der Waals surface area (Å²) in [5, 5.41) is 2.25. The molecule has 1 heterocycles. The molecule has 0 spiro atoms. The molecule has 0 aromatic rings. The predicted molar refractivity (Wildman–Crippen MR) is 76.4 cm³/mol. The van der Waals surface area contributed by atoms with Crippen LogP contribution in [0, 0.1) is 5.92 Å². The molecule has 0 radical (unpaired) electrons. The van der Waals surface area contributed by atoms with E-state index in [9.17, 15) is 14.4 Å². The molecule has 1 fully saturated rings. The van der Waals surface area contributed by atoms with Crippen LogP contribution < -0.4 is 5.32 Å². The number of carbonyl (C=O) groups excluding carboxylic acids is 3. The highest BCUT2D eigenvalue weighted by atomic mass is 16.6. The van der Waals surface area contributed by atoms with Gasteiger partial charge in [-0.2, -0.15) is 0 Å². The molecule has 1 aliphatic heterocycles. The highest BCUT2D eigenvalue weighted by Gasteiger charge is 2.42. The lowest BCUT2D eigenvalue weighted by molar-refractivity contribution is -0.189. The van der Waals surface area contributed by atoms with Gasteiger partial charge in [0, 0.05) is 6.42 Å². The van der Waals surface area contributed by atoms with Crippen molar-refractivity contribution in [3.8, 4) is 0 Å². The Labute approximate surface area is 125 Å². The zero-order valence-corrected chi connectivity index (χ0v) is 12.8. The van der Waals surface area contributed by atoms with Crippen LogP contribution in [0.2, 0.25) is 0 Å². The maximum atomic E-state index is 11.5. The second-order valence-corrected chi connectivity index (χ2v) is 5.47. The molecular formula is C15H25NO5. The van der Waals surface area contributed by atoms with Gasteiger partial charge in [0.15, 0.2) is 0 Å². The topological polar surface area (TPSA) is 81.7 Å². The van der Waals surface area contributed by atoms with Gasteiger partial charge in [-0.3, -0.25) is 14.4 Å². The molecular weight excluding hydrogens is 274 g/mol. The third kappa shape index (κ3) is 6.14. The molecule has 1 N–H and O–H groups in total. The van der Waals surface area contributed by atoms with Crippen LogP contribution in [-0.4, -0.2) is 37.1 Å². The number of esters is 2. The number of hydrogen-bond donors (Lipinski definition) is 1. The van der Waals surface area contributed by atoms with Crippen LogP contribution in [0.15, 0.2) is 0 Å². The molecule has 6 heteroatoms. The number of amides is 1. The van der Waals surface area contributed by atoms with Gasteiger partial charge in [0.2, 0.25) is 6.41 Å². The number of unbranched alkanes of at least 4 members (excludes halogenated alkanes) is 3. The van der Waals surface area contributed by atoms with E-state index in [2.05, 4.69) is 12.2 Å². The molecule has 1 saturated heterocycles. The molecule has 0 aromatic heterocycles. The highest BCUT2D eigenvalue weighted by Crippen LogP contribution is 2.31. The lowest BCUT2D eigenvalue weighted by Crippen LogP contribution is -2.47. The van der Waals surface area contributed by atoms with Crippen LogP contribution in [0.25, 0.3) is 0 Å². The number of nitrogens with one attached hydrogen (secondary N) is 1. The van der Waals surface area contributed by atoms with Gasteiger partial charge in [0.1, 0.15) is 18.8 Å². The van der Waals surface area contributed by atoms with Crippen LogP contribution in [0.1, 0.15) is 52.4 Å². The largest absolute Gasteiger partial charge is 0.461 e. The second kappa shape index (κ2) is 9.37. The summed E-state index contributed by atoms with van der Waals surface area (Å²) in [7, 11) is 0. The van der Waals surface area contributed by atoms with Gasteiger partial charge < -0.3 is 14.8 Å². The minimum Gasteiger partial charge on any atom is -0.461 e. The molecule has 1 unspecified atom stereocenters. The van der Waals surface area contributed by atoms with Gasteiger partial charge >= 0.3 is 11.9 Å². The number of carbonyl (C=O) groups is 3. The van der Waals surface area contributed by atoms with E-state index in [1.165, 1.54) is 12.8 Å². The fraction of sp³-hybridized carbons (Fsp3) is 0.800. The molecule has 1 amide bonds. The first-order chi connectivity index (χ1) is 10.1. The predicted octanol–water partition coefficient (Wildman–Crippen LogP) is 1.57. The van der Waals surface area contributed by atoms with E-state index < -0.39 is 5.97 Å². The van der Waals surface area contributed by atoms with Crippen molar-refractivity contribution in [2.45, 2.75) is 64.6 Å². The molecule has 3 atom stereocenters. The first-order valence-electron chi connectivity index (χ1n) is 7.65. The Morgan fingerprint density at radius 2 is 2.19 bits per heavy atom. The van der Waals surface area contributed by atoms with E-state index in [0.717, 1.165) is 19.3 Å². The Balaban J connectivity index is 2.24. The Morgan fingerprint density at radius 1 is 1.43 bits per heavy atom. The summed E-state index contributed by atoms with van der Waals surface area (Å²) in [4.78, 5) is 32.9. The standard InChI is InChI=1S/C15H25NO5/c1-3-4-5-6-7-12-13(21-15(12)19)8-11(2)20-14(18)9-16-10-17/h10-13H,3-9H2,1-2H3,(H,16,17)/t11?,12-,13-/m0/s1. The van der Waals surface area contributed by atoms with E-state index in [4.69, 9.17) is 9.47 Å². The summed E-state index contributed by atoms with van der Waals surface area (Å²) < 4.78 is 10.3. The molecule has 21 heavy (non-hydrogen) atoms. The summed E-state index contributed by atoms with van der Waals surface area (Å²) >= 11 is 0. The molecule has 6 nitrogen and oxygen atoms in total. The molecule has 0 saturated carbocycles. The first-order valence-corrected chi connectivity index (χ1v) is 7.65. The molecule has 0 aromatic carbocycles. The van der Waals surface area contributed by atoms with Crippen LogP contribution >= 0.6 is 0 Å². The van der Waals surface area contributed by atoms with Crippen LogP contribution in [0.5, 0.6) is 0 Å². The van der Waals surface area contributed by atoms with Crippen LogP contribution in [-0.2, 0) is 23.9 Å². The maximum absolute atomic E-state index is 11.5. The molecule has 0 bridgehead atoms.